The van der Waals surface area contributed by atoms with Gasteiger partial charge in [0.1, 0.15) is 5.82 Å². The van der Waals surface area contributed by atoms with Crippen LogP contribution in [0.1, 0.15) is 15.9 Å². The van der Waals surface area contributed by atoms with Gasteiger partial charge in [0.05, 0.1) is 5.56 Å². The highest BCUT2D eigenvalue weighted by atomic mass is 127. The van der Waals surface area contributed by atoms with Crippen LogP contribution in [0.15, 0.2) is 36.5 Å². The molecule has 0 bridgehead atoms. The van der Waals surface area contributed by atoms with Crippen LogP contribution in [-0.2, 0) is 0 Å². The van der Waals surface area contributed by atoms with Crippen molar-refractivity contribution in [1.82, 2.24) is 4.98 Å². The van der Waals surface area contributed by atoms with Crippen molar-refractivity contribution in [3.63, 3.8) is 0 Å². The second kappa shape index (κ2) is 6.21. The number of carbonyl (C=O) groups excluding carboxylic acids is 1. The highest BCUT2D eigenvalue weighted by Crippen LogP contribution is 2.20. The molecule has 0 aliphatic carbocycles. The van der Waals surface area contributed by atoms with Crippen molar-refractivity contribution in [2.45, 2.75) is 6.92 Å². The summed E-state index contributed by atoms with van der Waals surface area (Å²) in [6.45, 7) is 1.98. The van der Waals surface area contributed by atoms with Crippen molar-refractivity contribution in [3.05, 3.63) is 51.2 Å². The van der Waals surface area contributed by atoms with Crippen LogP contribution in [0.25, 0.3) is 0 Å². The Bertz CT molecular complexity index is 641. The monoisotopic (exact) mass is 381 g/mol. The van der Waals surface area contributed by atoms with Crippen LogP contribution in [0.2, 0.25) is 0 Å². The average molecular weight is 381 g/mol. The molecule has 0 atom stereocenters. The lowest BCUT2D eigenvalue weighted by atomic mass is 10.2. The van der Waals surface area contributed by atoms with Gasteiger partial charge in [-0.2, -0.15) is 0 Å². The number of carbonyl (C=O) groups is 1. The van der Waals surface area contributed by atoms with Gasteiger partial charge < -0.3 is 10.2 Å². The number of aryl methyl sites for hydroxylation is 1. The highest BCUT2D eigenvalue weighted by Gasteiger charge is 2.14. The molecule has 4 nitrogen and oxygen atoms in total. The van der Waals surface area contributed by atoms with Gasteiger partial charge in [-0.25, -0.2) is 4.98 Å². The van der Waals surface area contributed by atoms with Gasteiger partial charge in [0, 0.05) is 29.5 Å². The van der Waals surface area contributed by atoms with Crippen LogP contribution < -0.4 is 10.2 Å². The molecule has 5 heteroatoms. The number of nitrogens with one attached hydrogen (secondary N) is 1. The molecule has 1 aromatic carbocycles. The van der Waals surface area contributed by atoms with E-state index in [1.54, 1.807) is 18.3 Å². The molecule has 1 N–H and O–H groups in total. The lowest BCUT2D eigenvalue weighted by Crippen LogP contribution is -2.20. The van der Waals surface area contributed by atoms with E-state index in [2.05, 4.69) is 32.9 Å². The standard InChI is InChI=1S/C15H16IN3O/c1-10-9-11(16)6-7-13(10)18-15(20)12-5-4-8-17-14(12)19(2)3/h4-9H,1-3H3,(H,18,20). The third-order valence-electron chi connectivity index (χ3n) is 2.89. The first-order valence-electron chi connectivity index (χ1n) is 6.19. The van der Waals surface area contributed by atoms with Gasteiger partial charge in [0.25, 0.3) is 5.91 Å². The highest BCUT2D eigenvalue weighted by molar-refractivity contribution is 14.1. The molecule has 2 aromatic rings. The number of hydrogen-bond acceptors (Lipinski definition) is 3. The van der Waals surface area contributed by atoms with Crippen molar-refractivity contribution < 1.29 is 4.79 Å². The predicted molar refractivity (Wildman–Crippen MR) is 90.4 cm³/mol. The Kier molecular flexibility index (Phi) is 4.59. The quantitative estimate of drug-likeness (QED) is 0.830. The first-order valence-corrected chi connectivity index (χ1v) is 7.27. The molecule has 1 heterocycles. The van der Waals surface area contributed by atoms with Gasteiger partial charge in [-0.1, -0.05) is 0 Å². The summed E-state index contributed by atoms with van der Waals surface area (Å²) in [7, 11) is 3.74. The Morgan fingerprint density at radius 3 is 2.70 bits per heavy atom. The van der Waals surface area contributed by atoms with E-state index >= 15 is 0 Å². The zero-order valence-corrected chi connectivity index (χ0v) is 13.8. The van der Waals surface area contributed by atoms with Crippen LogP contribution in [0.5, 0.6) is 0 Å². The first-order chi connectivity index (χ1) is 9.49. The van der Waals surface area contributed by atoms with Gasteiger partial charge >= 0.3 is 0 Å². The minimum Gasteiger partial charge on any atom is -0.362 e. The van der Waals surface area contributed by atoms with Gasteiger partial charge in [-0.05, 0) is 65.4 Å². The molecule has 1 aromatic heterocycles. The summed E-state index contributed by atoms with van der Waals surface area (Å²) in [6, 6.07) is 9.47. The van der Waals surface area contributed by atoms with E-state index in [9.17, 15) is 4.79 Å². The molecule has 0 unspecified atom stereocenters. The zero-order valence-electron chi connectivity index (χ0n) is 11.6. The van der Waals surface area contributed by atoms with Crippen molar-refractivity contribution in [2.24, 2.45) is 0 Å². The molecule has 0 saturated carbocycles. The van der Waals surface area contributed by atoms with E-state index in [0.29, 0.717) is 11.4 Å². The number of amides is 1. The van der Waals surface area contributed by atoms with Crippen LogP contribution in [-0.4, -0.2) is 25.0 Å². The van der Waals surface area contributed by atoms with Gasteiger partial charge in [-0.15, -0.1) is 0 Å². The maximum absolute atomic E-state index is 12.4. The smallest absolute Gasteiger partial charge is 0.259 e. The summed E-state index contributed by atoms with van der Waals surface area (Å²) >= 11 is 2.25. The SMILES string of the molecule is Cc1cc(I)ccc1NC(=O)c1cccnc1N(C)C. The minimum absolute atomic E-state index is 0.147. The predicted octanol–water partition coefficient (Wildman–Crippen LogP) is 3.31. The Labute approximate surface area is 132 Å². The fourth-order valence-electron chi connectivity index (χ4n) is 1.89. The van der Waals surface area contributed by atoms with E-state index in [0.717, 1.165) is 14.8 Å². The second-order valence-electron chi connectivity index (χ2n) is 4.68. The molecule has 1 amide bonds. The summed E-state index contributed by atoms with van der Waals surface area (Å²) in [5.41, 5.74) is 2.43. The number of aromatic nitrogens is 1. The van der Waals surface area contributed by atoms with Crippen molar-refractivity contribution >= 4 is 40.0 Å². The number of anilines is 2. The average Bonchev–Trinajstić information content (AvgIpc) is 2.41. The zero-order chi connectivity index (χ0) is 14.7. The van der Waals surface area contributed by atoms with E-state index in [1.165, 1.54) is 0 Å². The Hall–Kier alpha value is -1.63. The molecule has 0 spiro atoms. The van der Waals surface area contributed by atoms with Crippen molar-refractivity contribution in [2.75, 3.05) is 24.3 Å². The normalized spacial score (nSPS) is 10.2. The van der Waals surface area contributed by atoms with Crippen LogP contribution in [0, 0.1) is 10.5 Å². The number of nitrogens with zero attached hydrogens (tertiary/aromatic N) is 2. The van der Waals surface area contributed by atoms with Crippen LogP contribution >= 0.6 is 22.6 Å². The van der Waals surface area contributed by atoms with Crippen LogP contribution in [0.3, 0.4) is 0 Å². The first kappa shape index (κ1) is 14.8. The molecule has 0 aliphatic rings. The molecular weight excluding hydrogens is 365 g/mol. The molecule has 104 valence electrons. The van der Waals surface area contributed by atoms with Gasteiger partial charge in [0.2, 0.25) is 0 Å². The van der Waals surface area contributed by atoms with E-state index in [4.69, 9.17) is 0 Å². The summed E-state index contributed by atoms with van der Waals surface area (Å²) in [4.78, 5) is 18.5. The Morgan fingerprint density at radius 2 is 2.05 bits per heavy atom. The third kappa shape index (κ3) is 3.27. The second-order valence-corrected chi connectivity index (χ2v) is 5.93. The molecule has 2 rings (SSSR count). The summed E-state index contributed by atoms with van der Waals surface area (Å²) in [5, 5.41) is 2.94. The van der Waals surface area contributed by atoms with Crippen LogP contribution in [0.4, 0.5) is 11.5 Å². The molecule has 20 heavy (non-hydrogen) atoms. The van der Waals surface area contributed by atoms with Gasteiger partial charge in [0.15, 0.2) is 0 Å². The lowest BCUT2D eigenvalue weighted by Gasteiger charge is -2.16. The van der Waals surface area contributed by atoms with Crippen molar-refractivity contribution in [3.8, 4) is 0 Å². The molecular formula is C15H16IN3O. The molecule has 0 radical (unpaired) electrons. The number of benzene rings is 1. The fourth-order valence-corrected chi connectivity index (χ4v) is 2.53. The maximum Gasteiger partial charge on any atom is 0.259 e. The topological polar surface area (TPSA) is 45.2 Å². The van der Waals surface area contributed by atoms with E-state index in [-0.39, 0.29) is 5.91 Å². The largest absolute Gasteiger partial charge is 0.362 e. The molecule has 0 fully saturated rings. The number of pyridine rings is 1. The Morgan fingerprint density at radius 1 is 1.30 bits per heavy atom. The summed E-state index contributed by atoms with van der Waals surface area (Å²) in [5.74, 6) is 0.513. The van der Waals surface area contributed by atoms with E-state index in [1.807, 2.05) is 44.1 Å². The van der Waals surface area contributed by atoms with E-state index < -0.39 is 0 Å². The number of rotatable bonds is 3. The summed E-state index contributed by atoms with van der Waals surface area (Å²) in [6.07, 6.45) is 1.68. The fraction of sp³-hybridized carbons (Fsp3) is 0.200. The maximum atomic E-state index is 12.4. The van der Waals surface area contributed by atoms with Crippen molar-refractivity contribution in [1.29, 1.82) is 0 Å². The third-order valence-corrected chi connectivity index (χ3v) is 3.56. The Balaban J connectivity index is 2.29. The molecule has 0 saturated heterocycles. The van der Waals surface area contributed by atoms with Gasteiger partial charge in [-0.3, -0.25) is 4.79 Å². The lowest BCUT2D eigenvalue weighted by molar-refractivity contribution is 0.102. The number of halogens is 1. The molecule has 0 aliphatic heterocycles. The number of hydrogen-bond donors (Lipinski definition) is 1. The summed E-state index contributed by atoms with van der Waals surface area (Å²) < 4.78 is 1.15. The minimum atomic E-state index is -0.147.